The van der Waals surface area contributed by atoms with Gasteiger partial charge in [0, 0.05) is 22.9 Å². The minimum Gasteiger partial charge on any atom is -0.335 e. The Morgan fingerprint density at radius 1 is 0.860 bits per heavy atom. The first-order chi connectivity index (χ1) is 20.9. The number of benzene rings is 4. The van der Waals surface area contributed by atoms with Gasteiger partial charge < -0.3 is 9.88 Å². The molecule has 6 nitrogen and oxygen atoms in total. The van der Waals surface area contributed by atoms with Crippen molar-refractivity contribution >= 4 is 43.4 Å². The minimum absolute atomic E-state index is 0.170. The summed E-state index contributed by atoms with van der Waals surface area (Å²) in [5.74, 6) is 0. The Balaban J connectivity index is 1.44. The SMILES string of the molecule is Cc1ccccc1-c1c(Cl)c2c3cnn(S(=O)(=O)c4ccccc4)c3ccc2n1Cc1ccc(CCNCCCF)cc1. The summed E-state index contributed by atoms with van der Waals surface area (Å²) in [6.07, 6.45) is 2.99. The van der Waals surface area contributed by atoms with Crippen molar-refractivity contribution in [2.75, 3.05) is 19.8 Å². The molecule has 6 aromatic rings. The smallest absolute Gasteiger partial charge is 0.283 e. The van der Waals surface area contributed by atoms with Crippen molar-refractivity contribution in [1.29, 1.82) is 0 Å². The summed E-state index contributed by atoms with van der Waals surface area (Å²) in [5, 5.41) is 9.61. The molecular weight excluding hydrogens is 583 g/mol. The molecule has 0 bridgehead atoms. The summed E-state index contributed by atoms with van der Waals surface area (Å²) < 4.78 is 42.6. The lowest BCUT2D eigenvalue weighted by Crippen LogP contribution is -2.18. The molecule has 2 heterocycles. The summed E-state index contributed by atoms with van der Waals surface area (Å²) in [6.45, 7) is 3.82. The fraction of sp³-hybridized carbons (Fsp3) is 0.206. The van der Waals surface area contributed by atoms with Gasteiger partial charge in [0.25, 0.3) is 10.0 Å². The van der Waals surface area contributed by atoms with Crippen LogP contribution in [0.4, 0.5) is 4.39 Å². The number of nitrogens with zero attached hydrogens (tertiary/aromatic N) is 3. The van der Waals surface area contributed by atoms with Crippen molar-refractivity contribution < 1.29 is 12.8 Å². The maximum absolute atomic E-state index is 13.5. The Morgan fingerprint density at radius 2 is 1.56 bits per heavy atom. The predicted molar refractivity (Wildman–Crippen MR) is 172 cm³/mol. The summed E-state index contributed by atoms with van der Waals surface area (Å²) in [6, 6.07) is 28.7. The number of alkyl halides is 1. The topological polar surface area (TPSA) is 68.9 Å². The van der Waals surface area contributed by atoms with E-state index < -0.39 is 10.0 Å². The van der Waals surface area contributed by atoms with Crippen molar-refractivity contribution in [2.24, 2.45) is 0 Å². The molecule has 4 aromatic carbocycles. The fourth-order valence-electron chi connectivity index (χ4n) is 5.57. The van der Waals surface area contributed by atoms with Crippen LogP contribution in [0, 0.1) is 6.92 Å². The van der Waals surface area contributed by atoms with Crippen LogP contribution in [0.2, 0.25) is 5.02 Å². The molecule has 6 rings (SSSR count). The summed E-state index contributed by atoms with van der Waals surface area (Å²) >= 11 is 7.24. The molecule has 0 aliphatic rings. The van der Waals surface area contributed by atoms with Gasteiger partial charge in [-0.25, -0.2) is 0 Å². The molecule has 0 amide bonds. The minimum atomic E-state index is -3.90. The van der Waals surface area contributed by atoms with E-state index in [9.17, 15) is 12.8 Å². The Morgan fingerprint density at radius 3 is 2.30 bits per heavy atom. The Bertz CT molecular complexity index is 2000. The second kappa shape index (κ2) is 12.3. The zero-order valence-electron chi connectivity index (χ0n) is 23.8. The number of rotatable bonds is 11. The summed E-state index contributed by atoms with van der Waals surface area (Å²) in [4.78, 5) is 0.170. The molecule has 9 heteroatoms. The lowest BCUT2D eigenvalue weighted by Gasteiger charge is -2.14. The van der Waals surface area contributed by atoms with Gasteiger partial charge in [-0.05, 0) is 73.8 Å². The van der Waals surface area contributed by atoms with Gasteiger partial charge in [-0.2, -0.15) is 17.6 Å². The van der Waals surface area contributed by atoms with E-state index in [2.05, 4.69) is 58.3 Å². The van der Waals surface area contributed by atoms with Gasteiger partial charge in [0.05, 0.1) is 39.5 Å². The highest BCUT2D eigenvalue weighted by atomic mass is 35.5. The van der Waals surface area contributed by atoms with Crippen LogP contribution in [0.15, 0.2) is 102 Å². The highest BCUT2D eigenvalue weighted by Crippen LogP contribution is 2.42. The second-order valence-corrected chi connectivity index (χ2v) is 12.8. The third kappa shape index (κ3) is 5.58. The third-order valence-electron chi connectivity index (χ3n) is 7.80. The molecular formula is C34H32ClFN4O2S. The zero-order valence-corrected chi connectivity index (χ0v) is 25.4. The largest absolute Gasteiger partial charge is 0.335 e. The monoisotopic (exact) mass is 614 g/mol. The number of halogens is 2. The van der Waals surface area contributed by atoms with Crippen molar-refractivity contribution in [3.63, 3.8) is 0 Å². The van der Waals surface area contributed by atoms with Gasteiger partial charge in [0.15, 0.2) is 0 Å². The van der Waals surface area contributed by atoms with E-state index in [4.69, 9.17) is 11.6 Å². The number of aromatic nitrogens is 3. The van der Waals surface area contributed by atoms with Crippen LogP contribution in [0.5, 0.6) is 0 Å². The number of aryl methyl sites for hydroxylation is 1. The fourth-order valence-corrected chi connectivity index (χ4v) is 7.27. The van der Waals surface area contributed by atoms with Crippen LogP contribution in [0.1, 0.15) is 23.1 Å². The van der Waals surface area contributed by atoms with Gasteiger partial charge in [-0.1, -0.05) is 78.3 Å². The average molecular weight is 615 g/mol. The quantitative estimate of drug-likeness (QED) is 0.154. The molecule has 2 aromatic heterocycles. The summed E-state index contributed by atoms with van der Waals surface area (Å²) in [5.41, 5.74) is 6.66. The Hall–Kier alpha value is -3.98. The third-order valence-corrected chi connectivity index (χ3v) is 9.78. The lowest BCUT2D eigenvalue weighted by molar-refractivity contribution is 0.460. The van der Waals surface area contributed by atoms with Crippen LogP contribution in [0.3, 0.4) is 0 Å². The van der Waals surface area contributed by atoms with Gasteiger partial charge in [-0.3, -0.25) is 4.39 Å². The van der Waals surface area contributed by atoms with E-state index in [0.29, 0.717) is 35.4 Å². The van der Waals surface area contributed by atoms with Crippen LogP contribution in [-0.4, -0.2) is 41.9 Å². The molecule has 0 spiro atoms. The molecule has 0 aliphatic carbocycles. The second-order valence-electron chi connectivity index (χ2n) is 10.6. The molecule has 220 valence electrons. The standard InChI is InChI=1S/C34H32ClFN4O2S/c1-24-8-5-6-11-28(24)34-33(35)32-29-22-38-40(43(41,42)27-9-3-2-4-10-27)30(29)16-17-31(32)39(34)23-26-14-12-25(13-15-26)18-21-37-20-7-19-36/h2-6,8-17,22,37H,7,18-21,23H2,1H3. The molecule has 43 heavy (non-hydrogen) atoms. The van der Waals surface area contributed by atoms with Crippen LogP contribution in [0.25, 0.3) is 33.1 Å². The predicted octanol–water partition coefficient (Wildman–Crippen LogP) is 7.40. The molecule has 1 N–H and O–H groups in total. The van der Waals surface area contributed by atoms with E-state index in [1.807, 2.05) is 18.2 Å². The number of nitrogens with one attached hydrogen (secondary N) is 1. The Labute approximate surface area is 255 Å². The van der Waals surface area contributed by atoms with E-state index in [1.54, 1.807) is 42.6 Å². The lowest BCUT2D eigenvalue weighted by atomic mass is 10.0. The van der Waals surface area contributed by atoms with Gasteiger partial charge in [-0.15, -0.1) is 0 Å². The van der Waals surface area contributed by atoms with Crippen LogP contribution >= 0.6 is 11.6 Å². The van der Waals surface area contributed by atoms with Crippen molar-refractivity contribution in [1.82, 2.24) is 19.1 Å². The number of hydrogen-bond donors (Lipinski definition) is 1. The number of fused-ring (bicyclic) bond motifs is 3. The van der Waals surface area contributed by atoms with Crippen LogP contribution < -0.4 is 5.32 Å². The molecule has 0 unspecified atom stereocenters. The van der Waals surface area contributed by atoms with Gasteiger partial charge >= 0.3 is 0 Å². The van der Waals surface area contributed by atoms with Crippen molar-refractivity contribution in [2.45, 2.75) is 31.2 Å². The maximum atomic E-state index is 13.5. The molecule has 0 aliphatic heterocycles. The van der Waals surface area contributed by atoms with Gasteiger partial charge in [0.1, 0.15) is 0 Å². The van der Waals surface area contributed by atoms with Crippen molar-refractivity contribution in [3.8, 4) is 11.3 Å². The highest BCUT2D eigenvalue weighted by Gasteiger charge is 2.25. The summed E-state index contributed by atoms with van der Waals surface area (Å²) in [7, 11) is -3.90. The molecule has 0 saturated carbocycles. The van der Waals surface area contributed by atoms with E-state index >= 15 is 0 Å². The normalized spacial score (nSPS) is 12.0. The van der Waals surface area contributed by atoms with E-state index in [-0.39, 0.29) is 11.6 Å². The van der Waals surface area contributed by atoms with Gasteiger partial charge in [0.2, 0.25) is 0 Å². The van der Waals surface area contributed by atoms with Crippen molar-refractivity contribution in [3.05, 3.63) is 119 Å². The Kier molecular flexibility index (Phi) is 8.34. The maximum Gasteiger partial charge on any atom is 0.283 e. The zero-order chi connectivity index (χ0) is 30.0. The molecule has 0 radical (unpaired) electrons. The van der Waals surface area contributed by atoms with E-state index in [1.165, 1.54) is 5.56 Å². The first-order valence-electron chi connectivity index (χ1n) is 14.3. The van der Waals surface area contributed by atoms with E-state index in [0.717, 1.165) is 50.3 Å². The van der Waals surface area contributed by atoms with Crippen LogP contribution in [-0.2, 0) is 23.0 Å². The molecule has 0 atom stereocenters. The first-order valence-corrected chi connectivity index (χ1v) is 16.1. The highest BCUT2D eigenvalue weighted by molar-refractivity contribution is 7.90. The number of hydrogen-bond acceptors (Lipinski definition) is 4. The first kappa shape index (κ1) is 29.1. The molecule has 0 fully saturated rings. The average Bonchev–Trinajstić information content (AvgIpc) is 3.58. The molecule has 0 saturated heterocycles.